The van der Waals surface area contributed by atoms with Gasteiger partial charge >= 0.3 is 30.0 Å². The highest BCUT2D eigenvalue weighted by atomic mass is 32.2. The van der Waals surface area contributed by atoms with Crippen molar-refractivity contribution in [1.29, 1.82) is 0 Å². The number of hydrogen-bond acceptors (Lipinski definition) is 3. The van der Waals surface area contributed by atoms with E-state index in [2.05, 4.69) is 15.3 Å². The zero-order chi connectivity index (χ0) is 39.1. The van der Waals surface area contributed by atoms with E-state index in [1.807, 2.05) is 0 Å². The second-order valence-corrected chi connectivity index (χ2v) is 11.4. The summed E-state index contributed by atoms with van der Waals surface area (Å²) >= 11 is -4.55. The summed E-state index contributed by atoms with van der Waals surface area (Å²) < 4.78 is 300. The lowest BCUT2D eigenvalue weighted by Gasteiger charge is -2.10. The lowest BCUT2D eigenvalue weighted by atomic mass is 10.1. The lowest BCUT2D eigenvalue weighted by Crippen LogP contribution is -2.34. The molecule has 3 heterocycles. The molecule has 6 rings (SSSR count). The zero-order valence-electron chi connectivity index (χ0n) is 23.0. The molecule has 3 aromatic heterocycles. The zero-order valence-corrected chi connectivity index (χ0v) is 23.8. The molecule has 6 aromatic rings. The summed E-state index contributed by atoms with van der Waals surface area (Å²) in [6.45, 7) is 0. The van der Waals surface area contributed by atoms with Gasteiger partial charge in [-0.05, 0) is 12.3 Å². The molecule has 278 valence electrons. The molecule has 0 amide bonds. The Morgan fingerprint density at radius 2 is 0.500 bits per heavy atom. The first-order valence-electron chi connectivity index (χ1n) is 12.5. The molecule has 52 heavy (non-hydrogen) atoms. The van der Waals surface area contributed by atoms with Crippen LogP contribution in [0, 0.1) is 69.8 Å². The fraction of sp³-hybridized carbons (Fsp3) is 0.125. The van der Waals surface area contributed by atoms with Crippen molar-refractivity contribution in [3.05, 3.63) is 86.9 Å². The third-order valence-electron chi connectivity index (χ3n) is 6.85. The van der Waals surface area contributed by atoms with E-state index in [9.17, 15) is 79.0 Å². The Kier molecular flexibility index (Phi) is 7.93. The van der Waals surface area contributed by atoms with Crippen LogP contribution in [0.4, 0.5) is 92.2 Å². The second kappa shape index (κ2) is 11.2. The summed E-state index contributed by atoms with van der Waals surface area (Å²) in [6.07, 6.45) is -18.7. The minimum absolute atomic E-state index is 1.16. The van der Waals surface area contributed by atoms with Crippen molar-refractivity contribution in [3.63, 3.8) is 0 Å². The standard InChI is InChI=1S/C24F21N6S/c25-4-1-16(13(34)10(31)7(4)28)49(46-19(1)22(37,38)39)52(50-17-2(20(47-50)23(40,41)42)5(26)8(29)11(32)14(17)35)51-18-3(21(48-51)24(43,44)45)6(27)9(30)12(33)15(18)36/q+1. The summed E-state index contributed by atoms with van der Waals surface area (Å²) in [7, 11) is 0. The van der Waals surface area contributed by atoms with E-state index in [4.69, 9.17) is 0 Å². The van der Waals surface area contributed by atoms with E-state index in [0.29, 0.717) is 0 Å². The Balaban J connectivity index is 1.99. The van der Waals surface area contributed by atoms with Crippen molar-refractivity contribution in [2.24, 2.45) is 0 Å². The first kappa shape index (κ1) is 36.7. The first-order valence-corrected chi connectivity index (χ1v) is 13.6. The van der Waals surface area contributed by atoms with E-state index in [0.717, 1.165) is 0 Å². The molecule has 0 saturated heterocycles. The van der Waals surface area contributed by atoms with Crippen LogP contribution in [0.3, 0.4) is 0 Å². The molecular formula is C24F21N6S+. The van der Waals surface area contributed by atoms with E-state index >= 15 is 13.2 Å². The van der Waals surface area contributed by atoms with Crippen molar-refractivity contribution in [2.75, 3.05) is 0 Å². The summed E-state index contributed by atoms with van der Waals surface area (Å²) in [5, 5.41) is -0.234. The maximum Gasteiger partial charge on any atom is 0.436 e. The molecule has 0 spiro atoms. The molecule has 0 N–H and O–H groups in total. The number of rotatable bonds is 3. The molecule has 0 fully saturated rings. The molecule has 0 unspecified atom stereocenters. The minimum atomic E-state index is -6.23. The van der Waals surface area contributed by atoms with Crippen LogP contribution in [0.25, 0.3) is 32.7 Å². The molecule has 0 radical (unpaired) electrons. The highest BCUT2D eigenvalue weighted by molar-refractivity contribution is 7.92. The number of aromatic nitrogens is 6. The molecular weight excluding hydrogens is 803 g/mol. The van der Waals surface area contributed by atoms with Gasteiger partial charge < -0.3 is 0 Å². The van der Waals surface area contributed by atoms with Gasteiger partial charge in [0, 0.05) is 0 Å². The van der Waals surface area contributed by atoms with E-state index in [1.54, 1.807) is 0 Å². The minimum Gasteiger partial charge on any atom is -0.203 e. The van der Waals surface area contributed by atoms with Crippen molar-refractivity contribution in [1.82, 2.24) is 27.6 Å². The Bertz CT molecular complexity index is 2250. The van der Waals surface area contributed by atoms with Gasteiger partial charge in [-0.2, -0.15) is 39.5 Å². The van der Waals surface area contributed by atoms with Crippen molar-refractivity contribution < 1.29 is 92.2 Å². The molecule has 6 nitrogen and oxygen atoms in total. The van der Waals surface area contributed by atoms with E-state index < -0.39 is 162 Å². The maximum absolute atomic E-state index is 15.3. The first-order chi connectivity index (χ1) is 23.7. The van der Waals surface area contributed by atoms with Crippen LogP contribution in [0.15, 0.2) is 0 Å². The highest BCUT2D eigenvalue weighted by Crippen LogP contribution is 2.44. The Hall–Kier alpha value is -5.05. The van der Waals surface area contributed by atoms with Crippen LogP contribution in [-0.2, 0) is 30.0 Å². The fourth-order valence-corrected chi connectivity index (χ4v) is 6.70. The fourth-order valence-electron chi connectivity index (χ4n) is 4.79. The maximum atomic E-state index is 15.3. The molecule has 0 aliphatic rings. The molecule has 0 saturated carbocycles. The van der Waals surface area contributed by atoms with Gasteiger partial charge in [0.1, 0.15) is 0 Å². The van der Waals surface area contributed by atoms with Gasteiger partial charge in [0.15, 0.2) is 103 Å². The topological polar surface area (TPSA) is 53.5 Å². The predicted molar refractivity (Wildman–Crippen MR) is 127 cm³/mol. The number of alkyl halides is 9. The lowest BCUT2D eigenvalue weighted by molar-refractivity contribution is -0.140. The van der Waals surface area contributed by atoms with Gasteiger partial charge in [-0.25, -0.2) is 52.7 Å². The average Bonchev–Trinajstić information content (AvgIpc) is 3.76. The van der Waals surface area contributed by atoms with E-state index in [-0.39, 0.29) is 0 Å². The quantitative estimate of drug-likeness (QED) is 0.0779. The molecule has 3 aromatic carbocycles. The molecule has 28 heteroatoms. The normalized spacial score (nSPS) is 13.3. The molecule has 0 atom stereocenters. The van der Waals surface area contributed by atoms with Gasteiger partial charge in [0.05, 0.1) is 16.2 Å². The van der Waals surface area contributed by atoms with Gasteiger partial charge in [-0.3, -0.25) is 0 Å². The van der Waals surface area contributed by atoms with Crippen LogP contribution in [0.1, 0.15) is 17.1 Å². The summed E-state index contributed by atoms with van der Waals surface area (Å²) in [4.78, 5) is 0. The molecule has 0 aliphatic carbocycles. The molecule has 0 bridgehead atoms. The Morgan fingerprint density at radius 1 is 0.308 bits per heavy atom. The number of benzene rings is 3. The highest BCUT2D eigenvalue weighted by Gasteiger charge is 2.53. The number of nitrogens with zero attached hydrogens (tertiary/aromatic N) is 6. The Morgan fingerprint density at radius 3 is 0.692 bits per heavy atom. The van der Waals surface area contributed by atoms with Gasteiger partial charge in [-0.15, -0.1) is 15.3 Å². The third-order valence-corrected chi connectivity index (χ3v) is 8.57. The Labute approximate surface area is 269 Å². The largest absolute Gasteiger partial charge is 0.436 e. The van der Waals surface area contributed by atoms with Crippen LogP contribution in [-0.4, -0.2) is 27.6 Å². The smallest absolute Gasteiger partial charge is 0.203 e. The van der Waals surface area contributed by atoms with E-state index in [1.165, 1.54) is 0 Å². The number of halogens is 21. The summed E-state index contributed by atoms with van der Waals surface area (Å²) in [6, 6.07) is 0. The predicted octanol–water partition coefficient (Wildman–Crippen LogP) is 8.77. The summed E-state index contributed by atoms with van der Waals surface area (Å²) in [5.74, 6) is -36.9. The monoisotopic (exact) mass is 803 g/mol. The van der Waals surface area contributed by atoms with Crippen molar-refractivity contribution in [2.45, 2.75) is 18.5 Å². The van der Waals surface area contributed by atoms with Gasteiger partial charge in [0.25, 0.3) is 0 Å². The van der Waals surface area contributed by atoms with Crippen molar-refractivity contribution >= 4 is 44.2 Å². The SMILES string of the molecule is Fc1c(F)c(F)c2c(c(C(F)(F)F)nn2[S+](n2nc(C(F)(F)F)c3c(F)c(F)c(F)c(F)c32)n2nc(C(F)(F)F)c3c(F)c(F)c(F)c(F)c32)c1F. The average molecular weight is 803 g/mol. The third kappa shape index (κ3) is 4.91. The number of fused-ring (bicyclic) bond motifs is 3. The van der Waals surface area contributed by atoms with Gasteiger partial charge in [0.2, 0.25) is 0 Å². The van der Waals surface area contributed by atoms with Gasteiger partial charge in [-0.1, -0.05) is 0 Å². The van der Waals surface area contributed by atoms with Crippen LogP contribution < -0.4 is 0 Å². The van der Waals surface area contributed by atoms with Crippen LogP contribution in [0.2, 0.25) is 0 Å². The van der Waals surface area contributed by atoms with Crippen LogP contribution >= 0.6 is 0 Å². The second-order valence-electron chi connectivity index (χ2n) is 9.84. The number of hydrogen-bond donors (Lipinski definition) is 0. The summed E-state index contributed by atoms with van der Waals surface area (Å²) in [5.41, 5.74) is -16.5. The molecule has 0 aliphatic heterocycles. The van der Waals surface area contributed by atoms with Crippen molar-refractivity contribution in [3.8, 4) is 0 Å². The van der Waals surface area contributed by atoms with Crippen LogP contribution in [0.5, 0.6) is 0 Å².